The van der Waals surface area contributed by atoms with Crippen molar-refractivity contribution in [3.8, 4) is 0 Å². The van der Waals surface area contributed by atoms with Crippen LogP contribution in [0.1, 0.15) is 136 Å². The van der Waals surface area contributed by atoms with Gasteiger partial charge in [0.25, 0.3) is 0 Å². The van der Waals surface area contributed by atoms with Gasteiger partial charge >= 0.3 is 0 Å². The van der Waals surface area contributed by atoms with Crippen molar-refractivity contribution in [1.29, 1.82) is 0 Å². The van der Waals surface area contributed by atoms with Gasteiger partial charge in [0, 0.05) is 35.5 Å². The molecule has 7 N–H and O–H groups in total. The molecule has 13 rings (SSSR count). The quantitative estimate of drug-likeness (QED) is 0.196. The molecule has 0 aromatic carbocycles. The van der Waals surface area contributed by atoms with Gasteiger partial charge in [-0.3, -0.25) is 9.97 Å². The van der Waals surface area contributed by atoms with E-state index in [9.17, 15) is 35.7 Å². The molecule has 67 heavy (non-hydrogen) atoms. The number of nitrogens with zero attached hydrogens (tertiary/aromatic N) is 2. The molecule has 4 aliphatic heterocycles. The van der Waals surface area contributed by atoms with Crippen molar-refractivity contribution >= 4 is 0 Å². The summed E-state index contributed by atoms with van der Waals surface area (Å²) in [6, 6.07) is 0. The molecule has 2 spiro atoms. The third-order valence-corrected chi connectivity index (χ3v) is 23.5. The van der Waals surface area contributed by atoms with Crippen molar-refractivity contribution in [2.45, 2.75) is 203 Å². The van der Waals surface area contributed by atoms with Gasteiger partial charge in [0.1, 0.15) is 29.5 Å². The molecule has 4 saturated heterocycles. The molecule has 13 nitrogen and oxygen atoms in total. The Labute approximate surface area is 395 Å². The first-order valence-electron chi connectivity index (χ1n) is 26.2. The summed E-state index contributed by atoms with van der Waals surface area (Å²) in [5.41, 5.74) is -0.160. The standard InChI is InChI=1S/C54H76N2O11/c1-26-51(14-13-45(3,61)25-64-51)65-43-19-34-30-11-9-28-15-36-38(21-47(28,5)32(30)17-40(58)49(34,7)52(26,43)62)55-37-16-29-10-12-31-33(48(29,6)22-39(37)56-36)18-41(59)50(8)35(31)20-44-53(50,63)27(2)54(66-44)42(60)23-46(4,24-57)67-54/h19-20,26-33,40-44,57-63H,9-18,21-25H2,1-8H3/t26-,27-,28+,29+,30-,31-,32+,33+,40-,41-,42-,43+,44+,45-,46+,47+,48+,49-,50-,51-,52-,53-,54+/m1/s1. The van der Waals surface area contributed by atoms with Crippen molar-refractivity contribution in [1.82, 2.24) is 9.97 Å². The van der Waals surface area contributed by atoms with Crippen LogP contribution in [0.15, 0.2) is 23.3 Å². The first-order chi connectivity index (χ1) is 31.4. The predicted molar refractivity (Wildman–Crippen MR) is 243 cm³/mol. The zero-order valence-corrected chi connectivity index (χ0v) is 40.9. The fraction of sp³-hybridized carbons (Fsp3) is 0.852. The molecule has 368 valence electrons. The van der Waals surface area contributed by atoms with E-state index in [1.54, 1.807) is 13.8 Å². The third kappa shape index (κ3) is 5.11. The Morgan fingerprint density at radius 3 is 1.63 bits per heavy atom. The lowest BCUT2D eigenvalue weighted by Crippen LogP contribution is -2.65. The Morgan fingerprint density at radius 2 is 1.15 bits per heavy atom. The molecule has 0 amide bonds. The van der Waals surface area contributed by atoms with Crippen LogP contribution in [0.4, 0.5) is 0 Å². The second kappa shape index (κ2) is 13.4. The van der Waals surface area contributed by atoms with Crippen molar-refractivity contribution < 1.29 is 54.7 Å². The van der Waals surface area contributed by atoms with Crippen molar-refractivity contribution in [2.24, 2.45) is 69.0 Å². The SMILES string of the molecule is C[C@@H]1[C@@]2(CC[C@@](C)(O)CO2)O[C@H]2C=C3[C@@H]4CC[C@H]5Cc6nc7c(nc6C[C@]5(C)[C@H]4C[C@@H](O)[C@]3(C)[C@]21O)C[C@@H]1CC[C@H]2C3=C[C@@H]4O[C@]5(O[C@](C)(CO)C[C@H]5O)[C@H](C)[C@]4(O)[C@@]3(C)[C@H](O)C[C@@H]2[C@@]1(C)C7. The van der Waals surface area contributed by atoms with Crippen molar-refractivity contribution in [3.63, 3.8) is 0 Å². The summed E-state index contributed by atoms with van der Waals surface area (Å²) in [4.78, 5) is 11.2. The Bertz CT molecular complexity index is 2380. The van der Waals surface area contributed by atoms with Crippen LogP contribution in [0.25, 0.3) is 0 Å². The highest BCUT2D eigenvalue weighted by molar-refractivity contribution is 5.45. The average molecular weight is 929 g/mol. The zero-order chi connectivity index (χ0) is 47.2. The van der Waals surface area contributed by atoms with E-state index in [-0.39, 0.29) is 54.1 Å². The summed E-state index contributed by atoms with van der Waals surface area (Å²) in [6.45, 7) is 16.3. The smallest absolute Gasteiger partial charge is 0.201 e. The molecule has 0 unspecified atom stereocenters. The van der Waals surface area contributed by atoms with Gasteiger partial charge in [0.15, 0.2) is 5.79 Å². The number of aliphatic hydroxyl groups is 7. The third-order valence-electron chi connectivity index (χ3n) is 23.5. The van der Waals surface area contributed by atoms with Crippen LogP contribution < -0.4 is 0 Å². The van der Waals surface area contributed by atoms with Crippen LogP contribution in [0.5, 0.6) is 0 Å². The minimum Gasteiger partial charge on any atom is -0.393 e. The molecule has 8 fully saturated rings. The van der Waals surface area contributed by atoms with E-state index in [0.29, 0.717) is 37.5 Å². The molecule has 0 bridgehead atoms. The fourth-order valence-electron chi connectivity index (χ4n) is 19.3. The van der Waals surface area contributed by atoms with Crippen LogP contribution in [0.3, 0.4) is 0 Å². The van der Waals surface area contributed by atoms with E-state index < -0.39 is 87.2 Å². The largest absolute Gasteiger partial charge is 0.393 e. The number of rotatable bonds is 1. The highest BCUT2D eigenvalue weighted by Crippen LogP contribution is 2.73. The summed E-state index contributed by atoms with van der Waals surface area (Å²) < 4.78 is 26.1. The van der Waals surface area contributed by atoms with E-state index >= 15 is 0 Å². The van der Waals surface area contributed by atoms with Gasteiger partial charge in [0.05, 0.1) is 59.4 Å². The maximum atomic E-state index is 12.9. The number of hydrogen-bond acceptors (Lipinski definition) is 13. The van der Waals surface area contributed by atoms with Crippen molar-refractivity contribution in [2.75, 3.05) is 13.2 Å². The minimum absolute atomic E-state index is 0.0983. The van der Waals surface area contributed by atoms with Gasteiger partial charge in [-0.2, -0.15) is 0 Å². The number of ether oxygens (including phenoxy) is 4. The molecule has 8 aliphatic carbocycles. The Balaban J connectivity index is 0.768. The van der Waals surface area contributed by atoms with Gasteiger partial charge in [-0.1, -0.05) is 64.8 Å². The summed E-state index contributed by atoms with van der Waals surface area (Å²) in [6.07, 6.45) is 9.98. The average Bonchev–Trinajstić information content (AvgIpc) is 3.92. The van der Waals surface area contributed by atoms with E-state index in [2.05, 4.69) is 32.9 Å². The van der Waals surface area contributed by atoms with Gasteiger partial charge < -0.3 is 54.7 Å². The highest BCUT2D eigenvalue weighted by atomic mass is 16.7. The van der Waals surface area contributed by atoms with Crippen LogP contribution in [-0.2, 0) is 44.6 Å². The Kier molecular flexibility index (Phi) is 9.00. The maximum absolute atomic E-state index is 12.9. The predicted octanol–water partition coefficient (Wildman–Crippen LogP) is 4.41. The highest BCUT2D eigenvalue weighted by Gasteiger charge is 2.80. The van der Waals surface area contributed by atoms with Crippen LogP contribution >= 0.6 is 0 Å². The van der Waals surface area contributed by atoms with Crippen LogP contribution in [-0.4, -0.2) is 123 Å². The lowest BCUT2D eigenvalue weighted by Gasteiger charge is -2.62. The Hall–Kier alpha value is -1.88. The first-order valence-corrected chi connectivity index (χ1v) is 26.2. The topological polar surface area (TPSA) is 204 Å². The van der Waals surface area contributed by atoms with E-state index in [4.69, 9.17) is 28.9 Å². The molecule has 1 aromatic rings. The van der Waals surface area contributed by atoms with E-state index in [0.717, 1.165) is 85.3 Å². The van der Waals surface area contributed by atoms with Gasteiger partial charge in [-0.15, -0.1) is 0 Å². The van der Waals surface area contributed by atoms with Crippen LogP contribution in [0.2, 0.25) is 0 Å². The molecule has 4 saturated carbocycles. The summed E-state index contributed by atoms with van der Waals surface area (Å²) >= 11 is 0. The van der Waals surface area contributed by atoms with Gasteiger partial charge in [0.2, 0.25) is 5.79 Å². The minimum atomic E-state index is -1.50. The van der Waals surface area contributed by atoms with Crippen LogP contribution in [0, 0.1) is 69.0 Å². The number of hydrogen-bond donors (Lipinski definition) is 7. The fourth-order valence-corrected chi connectivity index (χ4v) is 19.3. The van der Waals surface area contributed by atoms with E-state index in [1.165, 1.54) is 0 Å². The number of aliphatic hydroxyl groups excluding tert-OH is 4. The Morgan fingerprint density at radius 1 is 0.642 bits per heavy atom. The van der Waals surface area contributed by atoms with Gasteiger partial charge in [-0.05, 0) is 131 Å². The normalized spacial score (nSPS) is 59.8. The molecular weight excluding hydrogens is 853 g/mol. The molecule has 12 aliphatic rings. The lowest BCUT2D eigenvalue weighted by molar-refractivity contribution is -0.289. The second-order valence-electron chi connectivity index (χ2n) is 26.3. The molecule has 1 aromatic heterocycles. The molecule has 5 heterocycles. The summed E-state index contributed by atoms with van der Waals surface area (Å²) in [5, 5.41) is 83.0. The number of fused-ring (bicyclic) bond motifs is 16. The molecule has 13 heteroatoms. The maximum Gasteiger partial charge on any atom is 0.201 e. The van der Waals surface area contributed by atoms with E-state index in [1.807, 2.05) is 20.8 Å². The lowest BCUT2D eigenvalue weighted by atomic mass is 9.44. The van der Waals surface area contributed by atoms with Crippen molar-refractivity contribution in [3.05, 3.63) is 46.1 Å². The second-order valence-corrected chi connectivity index (χ2v) is 26.3. The molecule has 23 atom stereocenters. The summed E-state index contributed by atoms with van der Waals surface area (Å²) in [7, 11) is 0. The monoisotopic (exact) mass is 929 g/mol. The van der Waals surface area contributed by atoms with Gasteiger partial charge in [-0.25, -0.2) is 0 Å². The summed E-state index contributed by atoms with van der Waals surface area (Å²) in [5.74, 6) is -1.98. The molecular formula is C54H76N2O11. The molecule has 0 radical (unpaired) electrons. The number of aromatic nitrogens is 2. The first kappa shape index (κ1) is 45.0. The zero-order valence-electron chi connectivity index (χ0n) is 40.9.